The Morgan fingerprint density at radius 3 is 2.61 bits per heavy atom. The molecule has 0 saturated heterocycles. The zero-order chi connectivity index (χ0) is 13.1. The lowest BCUT2D eigenvalue weighted by atomic mass is 10.1. The molecule has 2 rings (SSSR count). The van der Waals surface area contributed by atoms with Gasteiger partial charge >= 0.3 is 0 Å². The molecule has 0 amide bonds. The van der Waals surface area contributed by atoms with Crippen molar-refractivity contribution >= 4 is 0 Å². The monoisotopic (exact) mass is 248 g/mol. The molecule has 18 heavy (non-hydrogen) atoms. The highest BCUT2D eigenvalue weighted by atomic mass is 16.5. The van der Waals surface area contributed by atoms with Crippen molar-refractivity contribution in [2.75, 3.05) is 7.11 Å². The van der Waals surface area contributed by atoms with E-state index in [0.29, 0.717) is 17.1 Å². The molecule has 0 spiro atoms. The van der Waals surface area contributed by atoms with E-state index in [0.717, 1.165) is 0 Å². The summed E-state index contributed by atoms with van der Waals surface area (Å²) in [6.45, 7) is 4.04. The van der Waals surface area contributed by atoms with Crippen LogP contribution in [0.15, 0.2) is 24.8 Å². The van der Waals surface area contributed by atoms with Crippen molar-refractivity contribution in [1.29, 1.82) is 0 Å². The molecule has 0 aliphatic carbocycles. The molecular weight excluding hydrogens is 232 g/mol. The molecule has 0 aromatic carbocycles. The number of hydrogen-bond acceptors (Lipinski definition) is 5. The number of hydrogen-bond donors (Lipinski definition) is 1. The number of aliphatic hydroxyl groups excluding tert-OH is 1. The molecule has 0 aliphatic heterocycles. The van der Waals surface area contributed by atoms with Crippen molar-refractivity contribution in [2.45, 2.75) is 26.0 Å². The SMILES string of the molecule is COc1nccnc1C(O)c1cnn(C(C)C)c1. The van der Waals surface area contributed by atoms with Crippen LogP contribution in [0.3, 0.4) is 0 Å². The minimum Gasteiger partial charge on any atom is -0.480 e. The highest BCUT2D eigenvalue weighted by molar-refractivity contribution is 5.28. The number of nitrogens with zero attached hydrogens (tertiary/aromatic N) is 4. The molecule has 0 bridgehead atoms. The van der Waals surface area contributed by atoms with E-state index in [-0.39, 0.29) is 6.04 Å². The van der Waals surface area contributed by atoms with Gasteiger partial charge in [-0.1, -0.05) is 0 Å². The number of aromatic nitrogens is 4. The second kappa shape index (κ2) is 5.14. The van der Waals surface area contributed by atoms with Crippen LogP contribution < -0.4 is 4.74 Å². The van der Waals surface area contributed by atoms with Gasteiger partial charge in [-0.05, 0) is 13.8 Å². The second-order valence-corrected chi connectivity index (χ2v) is 4.20. The first-order valence-corrected chi connectivity index (χ1v) is 5.70. The van der Waals surface area contributed by atoms with Gasteiger partial charge in [-0.3, -0.25) is 9.67 Å². The minimum absolute atomic E-state index is 0.245. The predicted octanol–water partition coefficient (Wildman–Crippen LogP) is 1.34. The lowest BCUT2D eigenvalue weighted by Gasteiger charge is -2.10. The van der Waals surface area contributed by atoms with Crippen LogP contribution in [-0.2, 0) is 0 Å². The molecule has 0 aliphatic rings. The molecule has 0 radical (unpaired) electrons. The first kappa shape index (κ1) is 12.5. The van der Waals surface area contributed by atoms with E-state index < -0.39 is 6.10 Å². The fourth-order valence-corrected chi connectivity index (χ4v) is 1.62. The van der Waals surface area contributed by atoms with Gasteiger partial charge in [-0.2, -0.15) is 5.10 Å². The van der Waals surface area contributed by atoms with E-state index in [1.54, 1.807) is 17.1 Å². The van der Waals surface area contributed by atoms with Crippen molar-refractivity contribution in [2.24, 2.45) is 0 Å². The second-order valence-electron chi connectivity index (χ2n) is 4.20. The van der Waals surface area contributed by atoms with Crippen LogP contribution >= 0.6 is 0 Å². The fraction of sp³-hybridized carbons (Fsp3) is 0.417. The van der Waals surface area contributed by atoms with E-state index in [4.69, 9.17) is 4.74 Å². The third-order valence-electron chi connectivity index (χ3n) is 2.61. The Bertz CT molecular complexity index is 524. The van der Waals surface area contributed by atoms with Crippen molar-refractivity contribution in [3.8, 4) is 5.88 Å². The van der Waals surface area contributed by atoms with Crippen molar-refractivity contribution in [1.82, 2.24) is 19.7 Å². The van der Waals surface area contributed by atoms with Gasteiger partial charge in [0.15, 0.2) is 0 Å². The topological polar surface area (TPSA) is 73.1 Å². The zero-order valence-corrected chi connectivity index (χ0v) is 10.6. The van der Waals surface area contributed by atoms with Crippen LogP contribution in [0, 0.1) is 0 Å². The molecule has 2 heterocycles. The van der Waals surface area contributed by atoms with Gasteiger partial charge < -0.3 is 9.84 Å². The maximum Gasteiger partial charge on any atom is 0.238 e. The molecule has 96 valence electrons. The fourth-order valence-electron chi connectivity index (χ4n) is 1.62. The molecule has 2 aromatic rings. The smallest absolute Gasteiger partial charge is 0.238 e. The first-order valence-electron chi connectivity index (χ1n) is 5.70. The molecule has 0 saturated carbocycles. The Labute approximate surface area is 105 Å². The van der Waals surface area contributed by atoms with Crippen LogP contribution in [0.5, 0.6) is 5.88 Å². The van der Waals surface area contributed by atoms with Gasteiger partial charge in [0.05, 0.1) is 13.3 Å². The van der Waals surface area contributed by atoms with Crippen LogP contribution in [0.2, 0.25) is 0 Å². The Kier molecular flexibility index (Phi) is 3.57. The van der Waals surface area contributed by atoms with Crippen molar-refractivity contribution < 1.29 is 9.84 Å². The highest BCUT2D eigenvalue weighted by Crippen LogP contribution is 2.26. The Morgan fingerprint density at radius 1 is 1.28 bits per heavy atom. The molecule has 6 heteroatoms. The van der Waals surface area contributed by atoms with Gasteiger partial charge in [-0.25, -0.2) is 4.98 Å². The maximum absolute atomic E-state index is 10.3. The Morgan fingerprint density at radius 2 is 2.00 bits per heavy atom. The minimum atomic E-state index is -0.888. The lowest BCUT2D eigenvalue weighted by Crippen LogP contribution is -2.06. The lowest BCUT2D eigenvalue weighted by molar-refractivity contribution is 0.207. The summed E-state index contributed by atoms with van der Waals surface area (Å²) in [7, 11) is 1.50. The van der Waals surface area contributed by atoms with E-state index in [1.165, 1.54) is 19.5 Å². The van der Waals surface area contributed by atoms with E-state index >= 15 is 0 Å². The van der Waals surface area contributed by atoms with Gasteiger partial charge in [0, 0.05) is 30.2 Å². The molecule has 1 N–H and O–H groups in total. The molecule has 1 unspecified atom stereocenters. The van der Waals surface area contributed by atoms with Gasteiger partial charge in [0.1, 0.15) is 11.8 Å². The first-order chi connectivity index (χ1) is 8.63. The quantitative estimate of drug-likeness (QED) is 0.884. The summed E-state index contributed by atoms with van der Waals surface area (Å²) in [6.07, 6.45) is 5.57. The predicted molar refractivity (Wildman–Crippen MR) is 65.3 cm³/mol. The largest absolute Gasteiger partial charge is 0.480 e. The van der Waals surface area contributed by atoms with Gasteiger partial charge in [0.25, 0.3) is 0 Å². The number of aliphatic hydroxyl groups is 1. The average molecular weight is 248 g/mol. The third-order valence-corrected chi connectivity index (χ3v) is 2.61. The maximum atomic E-state index is 10.3. The van der Waals surface area contributed by atoms with Gasteiger partial charge in [0.2, 0.25) is 5.88 Å². The number of ether oxygens (including phenoxy) is 1. The van der Waals surface area contributed by atoms with E-state index in [9.17, 15) is 5.11 Å². The number of rotatable bonds is 4. The average Bonchev–Trinajstić information content (AvgIpc) is 2.87. The molecule has 6 nitrogen and oxygen atoms in total. The van der Waals surface area contributed by atoms with E-state index in [2.05, 4.69) is 15.1 Å². The number of methoxy groups -OCH3 is 1. The van der Waals surface area contributed by atoms with Crippen LogP contribution in [-0.4, -0.2) is 32.0 Å². The standard InChI is InChI=1S/C12H16N4O2/c1-8(2)16-7-9(6-15-16)11(17)10-12(18-3)14-5-4-13-10/h4-8,11,17H,1-3H3. The summed E-state index contributed by atoms with van der Waals surface area (Å²) in [5, 5.41) is 14.4. The van der Waals surface area contributed by atoms with Crippen LogP contribution in [0.25, 0.3) is 0 Å². The van der Waals surface area contributed by atoms with E-state index in [1.807, 2.05) is 13.8 Å². The van der Waals surface area contributed by atoms with Gasteiger partial charge in [-0.15, -0.1) is 0 Å². The Balaban J connectivity index is 2.32. The van der Waals surface area contributed by atoms with Crippen LogP contribution in [0.4, 0.5) is 0 Å². The van der Waals surface area contributed by atoms with Crippen molar-refractivity contribution in [3.05, 3.63) is 36.0 Å². The zero-order valence-electron chi connectivity index (χ0n) is 10.6. The van der Waals surface area contributed by atoms with Crippen molar-refractivity contribution in [3.63, 3.8) is 0 Å². The molecule has 1 atom stereocenters. The Hall–Kier alpha value is -1.95. The summed E-state index contributed by atoms with van der Waals surface area (Å²) in [5.74, 6) is 0.322. The summed E-state index contributed by atoms with van der Waals surface area (Å²) < 4.78 is 6.86. The summed E-state index contributed by atoms with van der Waals surface area (Å²) in [6, 6.07) is 0.245. The summed E-state index contributed by atoms with van der Waals surface area (Å²) >= 11 is 0. The normalized spacial score (nSPS) is 12.7. The van der Waals surface area contributed by atoms with Crippen LogP contribution in [0.1, 0.15) is 37.3 Å². The molecule has 0 fully saturated rings. The highest BCUT2D eigenvalue weighted by Gasteiger charge is 2.19. The summed E-state index contributed by atoms with van der Waals surface area (Å²) in [5.41, 5.74) is 1.06. The molecular formula is C12H16N4O2. The summed E-state index contributed by atoms with van der Waals surface area (Å²) in [4.78, 5) is 8.12. The molecule has 2 aromatic heterocycles. The third kappa shape index (κ3) is 2.33.